The highest BCUT2D eigenvalue weighted by molar-refractivity contribution is 9.11. The maximum absolute atomic E-state index is 12.1. The quantitative estimate of drug-likeness (QED) is 0.832. The molecule has 0 radical (unpaired) electrons. The van der Waals surface area contributed by atoms with Gasteiger partial charge in [-0.05, 0) is 47.8 Å². The molecular weight excluding hydrogens is 320 g/mol. The molecule has 0 aliphatic heterocycles. The van der Waals surface area contributed by atoms with Gasteiger partial charge in [0.15, 0.2) is 0 Å². The van der Waals surface area contributed by atoms with Crippen LogP contribution in [0, 0.1) is 6.92 Å². The lowest BCUT2D eigenvalue weighted by atomic mass is 9.99. The van der Waals surface area contributed by atoms with Crippen molar-refractivity contribution in [2.24, 2.45) is 5.73 Å². The van der Waals surface area contributed by atoms with Crippen molar-refractivity contribution >= 4 is 50.4 Å². The van der Waals surface area contributed by atoms with Crippen LogP contribution in [-0.2, 0) is 0 Å². The maximum Gasteiger partial charge on any atom is 0.262 e. The van der Waals surface area contributed by atoms with Gasteiger partial charge in [-0.2, -0.15) is 0 Å². The smallest absolute Gasteiger partial charge is 0.262 e. The second-order valence-electron chi connectivity index (χ2n) is 4.07. The number of amides is 1. The van der Waals surface area contributed by atoms with Crippen LogP contribution in [0.2, 0.25) is 0 Å². The molecule has 0 saturated carbocycles. The Labute approximate surface area is 119 Å². The summed E-state index contributed by atoms with van der Waals surface area (Å²) in [7, 11) is 0. The normalized spacial score (nSPS) is 14.1. The van der Waals surface area contributed by atoms with Crippen LogP contribution in [0.4, 0.5) is 0 Å². The van der Waals surface area contributed by atoms with Gasteiger partial charge < -0.3 is 11.1 Å². The van der Waals surface area contributed by atoms with Crippen molar-refractivity contribution in [1.82, 2.24) is 5.32 Å². The number of thiophene rings is 1. The Balaban J connectivity index is 2.89. The van der Waals surface area contributed by atoms with E-state index in [2.05, 4.69) is 21.2 Å². The first-order chi connectivity index (χ1) is 7.80. The van der Waals surface area contributed by atoms with Crippen molar-refractivity contribution in [3.8, 4) is 0 Å². The van der Waals surface area contributed by atoms with Gasteiger partial charge in [0.05, 0.1) is 19.2 Å². The van der Waals surface area contributed by atoms with Gasteiger partial charge in [0, 0.05) is 0 Å². The topological polar surface area (TPSA) is 55.1 Å². The number of hydrogen-bond acceptors (Lipinski definition) is 3. The zero-order chi connectivity index (χ0) is 13.2. The fourth-order valence-corrected chi connectivity index (χ4v) is 2.83. The van der Waals surface area contributed by atoms with E-state index >= 15 is 0 Å². The van der Waals surface area contributed by atoms with Crippen molar-refractivity contribution in [2.75, 3.05) is 0 Å². The lowest BCUT2D eigenvalue weighted by molar-refractivity contribution is 0.0930. The molecule has 0 saturated heterocycles. The Bertz CT molecular complexity index is 439. The number of halogens is 1. The van der Waals surface area contributed by atoms with Crippen LogP contribution in [-0.4, -0.2) is 16.4 Å². The van der Waals surface area contributed by atoms with Crippen LogP contribution >= 0.6 is 39.5 Å². The van der Waals surface area contributed by atoms with E-state index in [1.807, 2.05) is 26.8 Å². The van der Waals surface area contributed by atoms with E-state index in [-0.39, 0.29) is 5.91 Å². The molecule has 1 aromatic heterocycles. The lowest BCUT2D eigenvalue weighted by Crippen LogP contribution is -2.53. The van der Waals surface area contributed by atoms with Gasteiger partial charge >= 0.3 is 0 Å². The third kappa shape index (κ3) is 3.26. The molecule has 1 aromatic rings. The molecule has 0 spiro atoms. The third-order valence-corrected chi connectivity index (χ3v) is 5.31. The van der Waals surface area contributed by atoms with Gasteiger partial charge in [-0.15, -0.1) is 11.3 Å². The van der Waals surface area contributed by atoms with Gasteiger partial charge in [-0.3, -0.25) is 4.79 Å². The van der Waals surface area contributed by atoms with Gasteiger partial charge in [0.1, 0.15) is 0 Å². The largest absolute Gasteiger partial charge is 0.391 e. The van der Waals surface area contributed by atoms with E-state index in [1.165, 1.54) is 11.3 Å². The summed E-state index contributed by atoms with van der Waals surface area (Å²) in [5.41, 5.74) is 6.08. The van der Waals surface area contributed by atoms with Crippen LogP contribution in [0.5, 0.6) is 0 Å². The summed E-state index contributed by atoms with van der Waals surface area (Å²) >= 11 is 9.79. The van der Waals surface area contributed by atoms with Crippen molar-refractivity contribution in [3.05, 3.63) is 20.3 Å². The van der Waals surface area contributed by atoms with Crippen molar-refractivity contribution in [3.63, 3.8) is 0 Å². The van der Waals surface area contributed by atoms with Crippen LogP contribution < -0.4 is 11.1 Å². The highest BCUT2D eigenvalue weighted by Gasteiger charge is 2.28. The van der Waals surface area contributed by atoms with Crippen molar-refractivity contribution in [2.45, 2.75) is 32.7 Å². The molecule has 0 aromatic carbocycles. The average Bonchev–Trinajstić information content (AvgIpc) is 2.59. The van der Waals surface area contributed by atoms with Crippen LogP contribution in [0.3, 0.4) is 0 Å². The first-order valence-electron chi connectivity index (χ1n) is 5.18. The van der Waals surface area contributed by atoms with Crippen LogP contribution in [0.1, 0.15) is 35.5 Å². The maximum atomic E-state index is 12.1. The zero-order valence-electron chi connectivity index (χ0n) is 9.96. The van der Waals surface area contributed by atoms with E-state index in [4.69, 9.17) is 18.0 Å². The average molecular weight is 335 g/mol. The summed E-state index contributed by atoms with van der Waals surface area (Å²) in [6.45, 7) is 5.72. The van der Waals surface area contributed by atoms with Gasteiger partial charge in [-0.25, -0.2) is 0 Å². The van der Waals surface area contributed by atoms with Gasteiger partial charge in [0.2, 0.25) is 0 Å². The molecule has 3 nitrogen and oxygen atoms in total. The summed E-state index contributed by atoms with van der Waals surface area (Å²) in [5.74, 6) is -0.138. The standard InChI is InChI=1S/C11H15BrN2OS2/c1-4-11(3,10(13)16)14-9(15)7-5-6(2)8(12)17-7/h5H,4H2,1-3H3,(H2,13,16)(H,14,15). The monoisotopic (exact) mass is 334 g/mol. The molecule has 0 fully saturated rings. The minimum Gasteiger partial charge on any atom is -0.391 e. The summed E-state index contributed by atoms with van der Waals surface area (Å²) in [4.78, 5) is 13.0. The Kier molecular flexibility index (Phi) is 4.69. The molecule has 0 aliphatic carbocycles. The Hall–Kier alpha value is -0.460. The molecule has 0 bridgehead atoms. The number of nitrogens with one attached hydrogen (secondary N) is 1. The first kappa shape index (κ1) is 14.6. The fraction of sp³-hybridized carbons (Fsp3) is 0.455. The van der Waals surface area contributed by atoms with Crippen LogP contribution in [0.25, 0.3) is 0 Å². The molecule has 3 N–H and O–H groups in total. The Morgan fingerprint density at radius 1 is 1.71 bits per heavy atom. The Morgan fingerprint density at radius 3 is 2.65 bits per heavy atom. The summed E-state index contributed by atoms with van der Waals surface area (Å²) in [5, 5.41) is 2.88. The molecule has 0 aliphatic rings. The second-order valence-corrected chi connectivity index (χ2v) is 6.88. The zero-order valence-corrected chi connectivity index (χ0v) is 13.2. The third-order valence-electron chi connectivity index (χ3n) is 2.72. The minimum atomic E-state index is -0.628. The van der Waals surface area contributed by atoms with E-state index in [0.29, 0.717) is 16.3 Å². The highest BCUT2D eigenvalue weighted by atomic mass is 79.9. The first-order valence-corrected chi connectivity index (χ1v) is 7.20. The number of rotatable bonds is 4. The molecule has 17 heavy (non-hydrogen) atoms. The molecule has 1 rings (SSSR count). The Morgan fingerprint density at radius 2 is 2.29 bits per heavy atom. The minimum absolute atomic E-state index is 0.138. The molecule has 94 valence electrons. The molecular formula is C11H15BrN2OS2. The number of aryl methyl sites for hydroxylation is 1. The van der Waals surface area contributed by atoms with Gasteiger partial charge in [0.25, 0.3) is 5.91 Å². The lowest BCUT2D eigenvalue weighted by Gasteiger charge is -2.27. The van der Waals surface area contributed by atoms with E-state index in [9.17, 15) is 4.79 Å². The van der Waals surface area contributed by atoms with Gasteiger partial charge in [-0.1, -0.05) is 19.1 Å². The molecule has 6 heteroatoms. The molecule has 1 unspecified atom stereocenters. The van der Waals surface area contributed by atoms with E-state index in [1.54, 1.807) is 0 Å². The van der Waals surface area contributed by atoms with Crippen LogP contribution in [0.15, 0.2) is 9.85 Å². The predicted octanol–water partition coefficient (Wildman–Crippen LogP) is 3.00. The number of carbonyl (C=O) groups is 1. The summed E-state index contributed by atoms with van der Waals surface area (Å²) in [6, 6.07) is 1.85. The summed E-state index contributed by atoms with van der Waals surface area (Å²) in [6.07, 6.45) is 0.666. The SMILES string of the molecule is CCC(C)(NC(=O)c1cc(C)c(Br)s1)C(N)=S. The number of nitrogens with two attached hydrogens (primary N) is 1. The predicted molar refractivity (Wildman–Crippen MR) is 79.7 cm³/mol. The number of carbonyl (C=O) groups excluding carboxylic acids is 1. The molecule has 1 atom stereocenters. The molecule has 1 amide bonds. The van der Waals surface area contributed by atoms with E-state index in [0.717, 1.165) is 9.35 Å². The second kappa shape index (κ2) is 5.46. The fourth-order valence-electron chi connectivity index (χ4n) is 1.21. The molecule has 1 heterocycles. The van der Waals surface area contributed by atoms with Crippen molar-refractivity contribution < 1.29 is 4.79 Å². The number of hydrogen-bond donors (Lipinski definition) is 2. The number of thiocarbonyl (C=S) groups is 1. The summed E-state index contributed by atoms with van der Waals surface area (Å²) < 4.78 is 0.969. The van der Waals surface area contributed by atoms with E-state index < -0.39 is 5.54 Å². The van der Waals surface area contributed by atoms with Crippen molar-refractivity contribution in [1.29, 1.82) is 0 Å². The highest BCUT2D eigenvalue weighted by Crippen LogP contribution is 2.27.